The number of fused-ring (bicyclic) bond motifs is 1. The summed E-state index contributed by atoms with van der Waals surface area (Å²) in [5.41, 5.74) is 0.835. The Morgan fingerprint density at radius 3 is 2.19 bits per heavy atom. The molecular weight excluding hydrogens is 410 g/mol. The average Bonchev–Trinajstić information content (AvgIpc) is 2.82. The number of ketones is 1. The molecule has 0 aliphatic rings. The topological polar surface area (TPSA) is 103 Å². The molecule has 0 aliphatic heterocycles. The van der Waals surface area contributed by atoms with Gasteiger partial charge in [-0.3, -0.25) is 9.59 Å². The first-order chi connectivity index (χ1) is 15.5. The monoisotopic (exact) mass is 427 g/mol. The van der Waals surface area contributed by atoms with Gasteiger partial charge in [0, 0.05) is 22.5 Å². The van der Waals surface area contributed by atoms with Crippen LogP contribution in [0.2, 0.25) is 0 Å². The fourth-order valence-corrected chi connectivity index (χ4v) is 3.11. The van der Waals surface area contributed by atoms with Crippen molar-refractivity contribution >= 4 is 28.6 Å². The molecular formula is C25H17NO6. The van der Waals surface area contributed by atoms with E-state index in [1.54, 1.807) is 54.6 Å². The number of aromatic nitrogens is 1. The number of H-pyrrole nitrogens is 1. The van der Waals surface area contributed by atoms with E-state index in [1.807, 2.05) is 0 Å². The molecule has 3 aromatic carbocycles. The van der Waals surface area contributed by atoms with Crippen LogP contribution in [-0.2, 0) is 4.74 Å². The van der Waals surface area contributed by atoms with Crippen LogP contribution in [0, 0.1) is 0 Å². The third kappa shape index (κ3) is 4.62. The first kappa shape index (κ1) is 20.7. The highest BCUT2D eigenvalue weighted by molar-refractivity contribution is 6.05. The summed E-state index contributed by atoms with van der Waals surface area (Å²) >= 11 is 0. The second-order valence-corrected chi connectivity index (χ2v) is 6.87. The van der Waals surface area contributed by atoms with E-state index in [4.69, 9.17) is 9.47 Å². The summed E-state index contributed by atoms with van der Waals surface area (Å²) in [6, 6.07) is 22.4. The van der Waals surface area contributed by atoms with E-state index in [2.05, 4.69) is 4.98 Å². The van der Waals surface area contributed by atoms with Crippen molar-refractivity contribution in [1.82, 2.24) is 4.98 Å². The molecule has 1 N–H and O–H groups in total. The van der Waals surface area contributed by atoms with E-state index in [-0.39, 0.29) is 16.9 Å². The van der Waals surface area contributed by atoms with Crippen LogP contribution < -0.4 is 10.3 Å². The molecule has 0 unspecified atom stereocenters. The summed E-state index contributed by atoms with van der Waals surface area (Å²) < 4.78 is 10.4. The van der Waals surface area contributed by atoms with Crippen molar-refractivity contribution in [3.8, 4) is 5.75 Å². The zero-order chi connectivity index (χ0) is 22.5. The molecule has 0 saturated carbocycles. The molecule has 0 radical (unpaired) electrons. The van der Waals surface area contributed by atoms with Crippen LogP contribution in [0.15, 0.2) is 89.7 Å². The Hall–Kier alpha value is -4.52. The molecule has 4 rings (SSSR count). The van der Waals surface area contributed by atoms with Crippen molar-refractivity contribution in [2.45, 2.75) is 0 Å². The molecule has 0 atom stereocenters. The molecule has 32 heavy (non-hydrogen) atoms. The van der Waals surface area contributed by atoms with Gasteiger partial charge in [-0.1, -0.05) is 36.4 Å². The molecule has 0 spiro atoms. The van der Waals surface area contributed by atoms with Gasteiger partial charge in [-0.05, 0) is 42.5 Å². The van der Waals surface area contributed by atoms with Gasteiger partial charge < -0.3 is 14.5 Å². The molecule has 4 aromatic rings. The normalized spacial score (nSPS) is 10.5. The van der Waals surface area contributed by atoms with Crippen molar-refractivity contribution < 1.29 is 23.9 Å². The molecule has 0 amide bonds. The zero-order valence-electron chi connectivity index (χ0n) is 16.7. The SMILES string of the molecule is O=C(COC(=O)c1cc(=O)[nH]c2ccccc12)c1ccc(OC(=O)c2ccccc2)cc1. The van der Waals surface area contributed by atoms with Crippen LogP contribution >= 0.6 is 0 Å². The largest absolute Gasteiger partial charge is 0.454 e. The number of carbonyl (C=O) groups is 3. The minimum absolute atomic E-state index is 0.0836. The molecule has 0 aliphatic carbocycles. The third-order valence-corrected chi connectivity index (χ3v) is 4.70. The van der Waals surface area contributed by atoms with Crippen molar-refractivity contribution in [3.63, 3.8) is 0 Å². The fraction of sp³-hybridized carbons (Fsp3) is 0.0400. The maximum absolute atomic E-state index is 12.5. The molecule has 1 heterocycles. The quantitative estimate of drug-likeness (QED) is 0.285. The Kier molecular flexibility index (Phi) is 5.89. The summed E-state index contributed by atoms with van der Waals surface area (Å²) in [7, 11) is 0. The van der Waals surface area contributed by atoms with Crippen molar-refractivity contribution in [1.29, 1.82) is 0 Å². The molecule has 158 valence electrons. The minimum Gasteiger partial charge on any atom is -0.454 e. The average molecular weight is 427 g/mol. The molecule has 0 bridgehead atoms. The fourth-order valence-electron chi connectivity index (χ4n) is 3.11. The number of nitrogens with one attached hydrogen (secondary N) is 1. The highest BCUT2D eigenvalue weighted by Gasteiger charge is 2.16. The highest BCUT2D eigenvalue weighted by atomic mass is 16.5. The molecule has 0 saturated heterocycles. The second-order valence-electron chi connectivity index (χ2n) is 6.87. The van der Waals surface area contributed by atoms with E-state index < -0.39 is 29.9 Å². The molecule has 0 fully saturated rings. The second kappa shape index (κ2) is 9.09. The van der Waals surface area contributed by atoms with Crippen molar-refractivity contribution in [2.75, 3.05) is 6.61 Å². The lowest BCUT2D eigenvalue weighted by Crippen LogP contribution is -2.17. The van der Waals surface area contributed by atoms with Gasteiger partial charge in [0.25, 0.3) is 0 Å². The summed E-state index contributed by atoms with van der Waals surface area (Å²) in [5.74, 6) is -1.44. The van der Waals surface area contributed by atoms with Gasteiger partial charge >= 0.3 is 11.9 Å². The van der Waals surface area contributed by atoms with E-state index in [9.17, 15) is 19.2 Å². The van der Waals surface area contributed by atoms with Crippen molar-refractivity contribution in [2.24, 2.45) is 0 Å². The van der Waals surface area contributed by atoms with E-state index in [0.717, 1.165) is 6.07 Å². The Bertz CT molecular complexity index is 1360. The molecule has 7 heteroatoms. The first-order valence-corrected chi connectivity index (χ1v) is 9.71. The smallest absolute Gasteiger partial charge is 0.343 e. The number of benzene rings is 3. The van der Waals surface area contributed by atoms with E-state index in [0.29, 0.717) is 16.5 Å². The number of rotatable bonds is 6. The lowest BCUT2D eigenvalue weighted by molar-refractivity contribution is 0.0476. The summed E-state index contributed by atoms with van der Waals surface area (Å²) in [4.78, 5) is 51.4. The third-order valence-electron chi connectivity index (χ3n) is 4.70. The van der Waals surface area contributed by atoms with Gasteiger partial charge in [-0.15, -0.1) is 0 Å². The number of hydrogen-bond donors (Lipinski definition) is 1. The van der Waals surface area contributed by atoms with Crippen LogP contribution in [-0.4, -0.2) is 29.3 Å². The predicted molar refractivity (Wildman–Crippen MR) is 117 cm³/mol. The molecule has 1 aromatic heterocycles. The maximum atomic E-state index is 12.5. The Morgan fingerprint density at radius 2 is 1.44 bits per heavy atom. The van der Waals surface area contributed by atoms with Gasteiger partial charge in [0.1, 0.15) is 5.75 Å². The van der Waals surface area contributed by atoms with Crippen LogP contribution in [0.25, 0.3) is 10.9 Å². The lowest BCUT2D eigenvalue weighted by atomic mass is 10.1. The van der Waals surface area contributed by atoms with Gasteiger partial charge in [-0.25, -0.2) is 9.59 Å². The van der Waals surface area contributed by atoms with Crippen LogP contribution in [0.5, 0.6) is 5.75 Å². The number of aromatic amines is 1. The summed E-state index contributed by atoms with van der Waals surface area (Å²) in [6.07, 6.45) is 0. The van der Waals surface area contributed by atoms with Gasteiger partial charge in [-0.2, -0.15) is 0 Å². The number of para-hydroxylation sites is 1. The van der Waals surface area contributed by atoms with Crippen LogP contribution in [0.3, 0.4) is 0 Å². The number of ether oxygens (including phenoxy) is 2. The lowest BCUT2D eigenvalue weighted by Gasteiger charge is -2.08. The molecule has 7 nitrogen and oxygen atoms in total. The van der Waals surface area contributed by atoms with E-state index in [1.165, 1.54) is 24.3 Å². The number of carbonyl (C=O) groups excluding carboxylic acids is 3. The van der Waals surface area contributed by atoms with E-state index >= 15 is 0 Å². The van der Waals surface area contributed by atoms with Crippen LogP contribution in [0.1, 0.15) is 31.1 Å². The number of hydrogen-bond acceptors (Lipinski definition) is 6. The number of esters is 2. The minimum atomic E-state index is -0.769. The zero-order valence-corrected chi connectivity index (χ0v) is 16.7. The summed E-state index contributed by atoms with van der Waals surface area (Å²) in [6.45, 7) is -0.497. The Morgan fingerprint density at radius 1 is 0.750 bits per heavy atom. The Balaban J connectivity index is 1.40. The highest BCUT2D eigenvalue weighted by Crippen LogP contribution is 2.17. The number of pyridine rings is 1. The van der Waals surface area contributed by atoms with Gasteiger partial charge in [0.2, 0.25) is 5.56 Å². The number of Topliss-reactive ketones (excluding diaryl/α,β-unsaturated/α-hetero) is 1. The first-order valence-electron chi connectivity index (χ1n) is 9.71. The Labute approximate surface area is 182 Å². The van der Waals surface area contributed by atoms with Crippen LogP contribution in [0.4, 0.5) is 0 Å². The summed E-state index contributed by atoms with van der Waals surface area (Å²) in [5, 5.41) is 0.522. The standard InChI is InChI=1S/C25H17NO6/c27-22(15-31-25(30)20-14-23(28)26-21-9-5-4-8-19(20)21)16-10-12-18(13-11-16)32-24(29)17-6-2-1-3-7-17/h1-14H,15H2,(H,26,28). The predicted octanol–water partition coefficient (Wildman–Crippen LogP) is 3.79. The van der Waals surface area contributed by atoms with Gasteiger partial charge in [0.05, 0.1) is 11.1 Å². The maximum Gasteiger partial charge on any atom is 0.343 e. The van der Waals surface area contributed by atoms with Gasteiger partial charge in [0.15, 0.2) is 12.4 Å². The van der Waals surface area contributed by atoms with Crippen molar-refractivity contribution in [3.05, 3.63) is 112 Å².